The van der Waals surface area contributed by atoms with E-state index < -0.39 is 0 Å². The molecule has 0 spiro atoms. The number of hydrogen-bond donors (Lipinski definition) is 3. The molecule has 2 heterocycles. The smallest absolute Gasteiger partial charge is 0.238 e. The van der Waals surface area contributed by atoms with E-state index in [1.807, 2.05) is 0 Å². The summed E-state index contributed by atoms with van der Waals surface area (Å²) in [7, 11) is 0. The third-order valence-corrected chi connectivity index (χ3v) is 3.94. The molecule has 2 atom stereocenters. The fourth-order valence-electron chi connectivity index (χ4n) is 2.62. The second-order valence-corrected chi connectivity index (χ2v) is 5.73. The van der Waals surface area contributed by atoms with E-state index >= 15 is 0 Å². The van der Waals surface area contributed by atoms with Crippen molar-refractivity contribution in [1.29, 1.82) is 0 Å². The van der Waals surface area contributed by atoms with E-state index in [0.29, 0.717) is 18.5 Å². The molecule has 2 fully saturated rings. The van der Waals surface area contributed by atoms with Gasteiger partial charge in [-0.25, -0.2) is 0 Å². The first-order valence-corrected chi connectivity index (χ1v) is 7.08. The van der Waals surface area contributed by atoms with Gasteiger partial charge in [-0.1, -0.05) is 0 Å². The number of carbonyl (C=O) groups is 2. The predicted octanol–water partition coefficient (Wildman–Crippen LogP) is -1.08. The number of carbonyl (C=O) groups excluding carboxylic acids is 2. The number of amides is 2. The number of nitrogens with zero attached hydrogens (tertiary/aromatic N) is 1. The molecule has 0 saturated carbocycles. The molecule has 2 unspecified atom stereocenters. The van der Waals surface area contributed by atoms with E-state index in [4.69, 9.17) is 0 Å². The molecule has 0 bridgehead atoms. The second kappa shape index (κ2) is 6.34. The van der Waals surface area contributed by atoms with Crippen molar-refractivity contribution in [2.24, 2.45) is 5.92 Å². The summed E-state index contributed by atoms with van der Waals surface area (Å²) in [6, 6.07) is 0.288. The molecule has 2 amide bonds. The summed E-state index contributed by atoms with van der Waals surface area (Å²) in [6.07, 6.45) is 1.15. The molecule has 108 valence electrons. The Bertz CT molecular complexity index is 336. The minimum atomic E-state index is -0.291. The first-order chi connectivity index (χ1) is 9.06. The maximum Gasteiger partial charge on any atom is 0.238 e. The van der Waals surface area contributed by atoms with Crippen molar-refractivity contribution >= 4 is 11.8 Å². The van der Waals surface area contributed by atoms with Crippen molar-refractivity contribution in [1.82, 2.24) is 20.9 Å². The molecule has 6 heteroatoms. The van der Waals surface area contributed by atoms with Crippen molar-refractivity contribution in [3.8, 4) is 0 Å². The number of hydrogen-bond acceptors (Lipinski definition) is 4. The molecule has 0 aromatic carbocycles. The zero-order valence-electron chi connectivity index (χ0n) is 11.7. The van der Waals surface area contributed by atoms with E-state index in [0.717, 1.165) is 26.1 Å². The highest BCUT2D eigenvalue weighted by atomic mass is 16.2. The zero-order chi connectivity index (χ0) is 13.8. The van der Waals surface area contributed by atoms with Crippen LogP contribution in [-0.2, 0) is 9.59 Å². The zero-order valence-corrected chi connectivity index (χ0v) is 11.7. The Hall–Kier alpha value is -1.14. The Labute approximate surface area is 114 Å². The molecule has 0 aromatic heterocycles. The molecular formula is C13H24N4O2. The van der Waals surface area contributed by atoms with Crippen LogP contribution in [0.1, 0.15) is 20.3 Å². The number of rotatable bonds is 4. The molecule has 2 aliphatic rings. The average Bonchev–Trinajstić information content (AvgIpc) is 2.86. The summed E-state index contributed by atoms with van der Waals surface area (Å²) in [4.78, 5) is 25.4. The van der Waals surface area contributed by atoms with Gasteiger partial charge in [0.25, 0.3) is 0 Å². The fraction of sp³-hybridized carbons (Fsp3) is 0.846. The van der Waals surface area contributed by atoms with Crippen LogP contribution < -0.4 is 16.0 Å². The second-order valence-electron chi connectivity index (χ2n) is 5.73. The monoisotopic (exact) mass is 268 g/mol. The SMILES string of the molecule is CC(C)N1CCC(CNC(=O)C2CNC(=O)CN2)C1. The predicted molar refractivity (Wildman–Crippen MR) is 72.6 cm³/mol. The molecular weight excluding hydrogens is 244 g/mol. The molecule has 2 rings (SSSR count). The molecule has 6 nitrogen and oxygen atoms in total. The van der Waals surface area contributed by atoms with Crippen molar-refractivity contribution in [2.75, 3.05) is 32.7 Å². The van der Waals surface area contributed by atoms with Crippen molar-refractivity contribution in [2.45, 2.75) is 32.4 Å². The highest BCUT2D eigenvalue weighted by molar-refractivity contribution is 5.86. The van der Waals surface area contributed by atoms with Crippen LogP contribution in [0.25, 0.3) is 0 Å². The van der Waals surface area contributed by atoms with E-state index in [1.54, 1.807) is 0 Å². The molecule has 0 aromatic rings. The van der Waals surface area contributed by atoms with Gasteiger partial charge in [0, 0.05) is 25.7 Å². The quantitative estimate of drug-likeness (QED) is 0.606. The lowest BCUT2D eigenvalue weighted by molar-refractivity contribution is -0.126. The van der Waals surface area contributed by atoms with Gasteiger partial charge in [0.2, 0.25) is 11.8 Å². The summed E-state index contributed by atoms with van der Waals surface area (Å²) in [5, 5.41) is 8.62. The lowest BCUT2D eigenvalue weighted by Crippen LogP contribution is -2.58. The van der Waals surface area contributed by atoms with E-state index in [1.165, 1.54) is 0 Å². The highest BCUT2D eigenvalue weighted by Crippen LogP contribution is 2.17. The first-order valence-electron chi connectivity index (χ1n) is 7.08. The number of nitrogens with one attached hydrogen (secondary N) is 3. The van der Waals surface area contributed by atoms with E-state index in [-0.39, 0.29) is 24.4 Å². The van der Waals surface area contributed by atoms with Gasteiger partial charge in [-0.05, 0) is 32.7 Å². The van der Waals surface area contributed by atoms with Crippen LogP contribution in [0.5, 0.6) is 0 Å². The van der Waals surface area contributed by atoms with E-state index in [9.17, 15) is 9.59 Å². The van der Waals surface area contributed by atoms with Crippen LogP contribution in [0.2, 0.25) is 0 Å². The first kappa shape index (κ1) is 14.3. The van der Waals surface area contributed by atoms with Gasteiger partial charge in [0.15, 0.2) is 0 Å². The summed E-state index contributed by atoms with van der Waals surface area (Å²) >= 11 is 0. The van der Waals surface area contributed by atoms with Gasteiger partial charge in [0.05, 0.1) is 6.54 Å². The molecule has 2 saturated heterocycles. The van der Waals surface area contributed by atoms with E-state index in [2.05, 4.69) is 34.7 Å². The van der Waals surface area contributed by atoms with Gasteiger partial charge < -0.3 is 15.5 Å². The van der Waals surface area contributed by atoms with Crippen LogP contribution in [0.4, 0.5) is 0 Å². The number of piperazine rings is 1. The van der Waals surface area contributed by atoms with Gasteiger partial charge in [-0.3, -0.25) is 14.9 Å². The minimum absolute atomic E-state index is 0.0111. The molecule has 0 radical (unpaired) electrons. The van der Waals surface area contributed by atoms with Crippen molar-refractivity contribution in [3.05, 3.63) is 0 Å². The normalized spacial score (nSPS) is 28.5. The summed E-state index contributed by atoms with van der Waals surface area (Å²) in [6.45, 7) is 7.93. The Kier molecular flexibility index (Phi) is 4.76. The van der Waals surface area contributed by atoms with Crippen molar-refractivity contribution < 1.29 is 9.59 Å². The van der Waals surface area contributed by atoms with Gasteiger partial charge in [0.1, 0.15) is 6.04 Å². The van der Waals surface area contributed by atoms with Gasteiger partial charge in [-0.2, -0.15) is 0 Å². The standard InChI is InChI=1S/C13H24N4O2/c1-9(2)17-4-3-10(8-17)5-16-13(19)11-6-15-12(18)7-14-11/h9-11,14H,3-8H2,1-2H3,(H,15,18)(H,16,19). The van der Waals surface area contributed by atoms with Crippen molar-refractivity contribution in [3.63, 3.8) is 0 Å². The third-order valence-electron chi connectivity index (χ3n) is 3.94. The lowest BCUT2D eigenvalue weighted by atomic mass is 10.1. The molecule has 19 heavy (non-hydrogen) atoms. The van der Waals surface area contributed by atoms with Gasteiger partial charge >= 0.3 is 0 Å². The van der Waals surface area contributed by atoms with Crippen LogP contribution >= 0.6 is 0 Å². The molecule has 0 aliphatic carbocycles. The summed E-state index contributed by atoms with van der Waals surface area (Å²) in [5.74, 6) is 0.486. The highest BCUT2D eigenvalue weighted by Gasteiger charge is 2.27. The Morgan fingerprint density at radius 1 is 1.53 bits per heavy atom. The third kappa shape index (κ3) is 3.91. The van der Waals surface area contributed by atoms with Crippen LogP contribution in [0, 0.1) is 5.92 Å². The van der Waals surface area contributed by atoms with Crippen LogP contribution in [0.15, 0.2) is 0 Å². The van der Waals surface area contributed by atoms with Gasteiger partial charge in [-0.15, -0.1) is 0 Å². The van der Waals surface area contributed by atoms with Crippen LogP contribution in [-0.4, -0.2) is 61.5 Å². The summed E-state index contributed by atoms with van der Waals surface area (Å²) < 4.78 is 0. The lowest BCUT2D eigenvalue weighted by Gasteiger charge is -2.24. The van der Waals surface area contributed by atoms with Crippen LogP contribution in [0.3, 0.4) is 0 Å². The maximum absolute atomic E-state index is 11.9. The number of likely N-dealkylation sites (tertiary alicyclic amines) is 1. The molecule has 2 aliphatic heterocycles. The Morgan fingerprint density at radius 2 is 2.32 bits per heavy atom. The largest absolute Gasteiger partial charge is 0.354 e. The fourth-order valence-corrected chi connectivity index (χ4v) is 2.62. The topological polar surface area (TPSA) is 73.5 Å². The molecule has 3 N–H and O–H groups in total. The summed E-state index contributed by atoms with van der Waals surface area (Å²) in [5.41, 5.74) is 0. The average molecular weight is 268 g/mol. The Balaban J connectivity index is 1.68. The Morgan fingerprint density at radius 3 is 2.89 bits per heavy atom. The maximum atomic E-state index is 11.9. The minimum Gasteiger partial charge on any atom is -0.354 e.